The topological polar surface area (TPSA) is 35.9 Å². The number of ether oxygens (including phenoxy) is 1. The van der Waals surface area contributed by atoms with Crippen LogP contribution in [-0.2, 0) is 24.1 Å². The molecule has 2 aliphatic carbocycles. The number of piperidine rings is 1. The second-order valence-corrected chi connectivity index (χ2v) is 11.2. The average molecular weight is 501 g/mol. The fourth-order valence-electron chi connectivity index (χ4n) is 6.81. The van der Waals surface area contributed by atoms with Crippen LogP contribution in [0.3, 0.4) is 0 Å². The Kier molecular flexibility index (Phi) is 8.36. The van der Waals surface area contributed by atoms with Crippen LogP contribution in [0.5, 0.6) is 5.75 Å². The first-order valence-electron chi connectivity index (χ1n) is 14.4. The molecule has 1 heterocycles. The highest BCUT2D eigenvalue weighted by Crippen LogP contribution is 2.38. The van der Waals surface area contributed by atoms with Gasteiger partial charge >= 0.3 is 0 Å². The van der Waals surface area contributed by atoms with E-state index in [-0.39, 0.29) is 0 Å². The molecule has 4 heteroatoms. The number of fused-ring (bicyclic) bond motifs is 1. The molecule has 1 fully saturated rings. The summed E-state index contributed by atoms with van der Waals surface area (Å²) in [6.07, 6.45) is 12.7. The zero-order chi connectivity index (χ0) is 25.8. The quantitative estimate of drug-likeness (QED) is 0.461. The first-order chi connectivity index (χ1) is 18.1. The van der Waals surface area contributed by atoms with Crippen LogP contribution in [0.15, 0.2) is 66.5 Å². The molecule has 1 aliphatic heterocycles. The van der Waals surface area contributed by atoms with Gasteiger partial charge in [-0.15, -0.1) is 0 Å². The van der Waals surface area contributed by atoms with E-state index in [1.165, 1.54) is 54.7 Å². The van der Waals surface area contributed by atoms with Crippen LogP contribution in [0.25, 0.3) is 0 Å². The zero-order valence-electron chi connectivity index (χ0n) is 22.9. The molecule has 0 saturated carbocycles. The second kappa shape index (κ2) is 11.9. The summed E-state index contributed by atoms with van der Waals surface area (Å²) in [5.41, 5.74) is 5.61. The maximum atomic E-state index is 9.92. The van der Waals surface area contributed by atoms with Gasteiger partial charge in [0.1, 0.15) is 11.5 Å². The number of phenols is 1. The van der Waals surface area contributed by atoms with Crippen LogP contribution in [-0.4, -0.2) is 54.2 Å². The molecule has 37 heavy (non-hydrogen) atoms. The summed E-state index contributed by atoms with van der Waals surface area (Å²) in [7, 11) is 1.77. The van der Waals surface area contributed by atoms with E-state index in [2.05, 4.69) is 72.2 Å². The Hall–Kier alpha value is -2.56. The molecule has 0 amide bonds. The van der Waals surface area contributed by atoms with E-state index in [9.17, 15) is 5.11 Å². The number of likely N-dealkylation sites (tertiary alicyclic amines) is 1. The normalized spacial score (nSPS) is 24.6. The van der Waals surface area contributed by atoms with Crippen molar-refractivity contribution in [3.8, 4) is 5.75 Å². The highest BCUT2D eigenvalue weighted by molar-refractivity contribution is 5.37. The summed E-state index contributed by atoms with van der Waals surface area (Å²) in [4.78, 5) is 5.18. The first-order valence-corrected chi connectivity index (χ1v) is 14.4. The van der Waals surface area contributed by atoms with Crippen LogP contribution < -0.4 is 0 Å². The number of benzene rings is 2. The Morgan fingerprint density at radius 1 is 1.00 bits per heavy atom. The number of allylic oxidation sites excluding steroid dienone is 1. The van der Waals surface area contributed by atoms with Crippen LogP contribution in [0.4, 0.5) is 0 Å². The maximum Gasteiger partial charge on any atom is 0.116 e. The predicted molar refractivity (Wildman–Crippen MR) is 152 cm³/mol. The molecular weight excluding hydrogens is 456 g/mol. The Balaban J connectivity index is 1.30. The third-order valence-electron chi connectivity index (χ3n) is 9.15. The van der Waals surface area contributed by atoms with E-state index in [0.29, 0.717) is 29.5 Å². The van der Waals surface area contributed by atoms with Gasteiger partial charge < -0.3 is 14.7 Å². The molecule has 4 nitrogen and oxygen atoms in total. The van der Waals surface area contributed by atoms with Crippen LogP contribution in [0.1, 0.15) is 61.3 Å². The van der Waals surface area contributed by atoms with Gasteiger partial charge in [0, 0.05) is 12.6 Å². The lowest BCUT2D eigenvalue weighted by Gasteiger charge is -2.41. The molecule has 2 unspecified atom stereocenters. The van der Waals surface area contributed by atoms with Gasteiger partial charge in [-0.25, -0.2) is 0 Å². The predicted octanol–water partition coefficient (Wildman–Crippen LogP) is 6.30. The van der Waals surface area contributed by atoms with Crippen molar-refractivity contribution >= 4 is 0 Å². The Bertz CT molecular complexity index is 1100. The lowest BCUT2D eigenvalue weighted by molar-refractivity contribution is 0.147. The highest BCUT2D eigenvalue weighted by Gasteiger charge is 2.34. The van der Waals surface area contributed by atoms with E-state index < -0.39 is 0 Å². The van der Waals surface area contributed by atoms with Crippen molar-refractivity contribution in [2.75, 3.05) is 33.3 Å². The number of aromatic hydroxyl groups is 1. The molecule has 0 bridgehead atoms. The van der Waals surface area contributed by atoms with Crippen molar-refractivity contribution in [3.63, 3.8) is 0 Å². The third-order valence-corrected chi connectivity index (χ3v) is 9.15. The number of aryl methyl sites for hydroxylation is 1. The summed E-state index contributed by atoms with van der Waals surface area (Å²) >= 11 is 0. The van der Waals surface area contributed by atoms with Crippen molar-refractivity contribution in [2.45, 2.75) is 64.5 Å². The van der Waals surface area contributed by atoms with Crippen molar-refractivity contribution < 1.29 is 9.84 Å². The number of rotatable bonds is 8. The Morgan fingerprint density at radius 3 is 2.49 bits per heavy atom. The fraction of sp³-hybridized carbons (Fsp3) is 0.515. The van der Waals surface area contributed by atoms with E-state index >= 15 is 0 Å². The van der Waals surface area contributed by atoms with E-state index in [1.807, 2.05) is 12.1 Å². The van der Waals surface area contributed by atoms with Crippen molar-refractivity contribution in [1.29, 1.82) is 0 Å². The molecule has 3 atom stereocenters. The van der Waals surface area contributed by atoms with E-state index in [1.54, 1.807) is 7.11 Å². The molecule has 5 rings (SSSR count). The van der Waals surface area contributed by atoms with Crippen molar-refractivity contribution in [2.24, 2.45) is 11.8 Å². The maximum absolute atomic E-state index is 9.92. The molecule has 1 saturated heterocycles. The summed E-state index contributed by atoms with van der Waals surface area (Å²) in [5, 5.41) is 9.92. The third kappa shape index (κ3) is 5.97. The standard InChI is InChI=1S/C33H44N2O2/c1-4-34-18-16-26(17-19-34)25-8-6-24(7-9-25)23-35(5-2)33-22-31(37-3)14-15-32(33)29-11-10-28-21-30(36)13-12-27(28)20-29/h6-9,12-15,21-22,26,29,32-33,36H,4-5,10-11,16-20,23H2,1-3H3/t29-,32?,33?/m1/s1. The molecule has 3 aliphatic rings. The average Bonchev–Trinajstić information content (AvgIpc) is 2.95. The van der Waals surface area contributed by atoms with Gasteiger partial charge in [-0.2, -0.15) is 0 Å². The molecular formula is C33H44N2O2. The monoisotopic (exact) mass is 500 g/mol. The van der Waals surface area contributed by atoms with E-state index in [4.69, 9.17) is 4.74 Å². The molecule has 198 valence electrons. The SMILES string of the molecule is CCN1CCC(c2ccc(CN(CC)C3C=C(OC)C=CC3[C@@H]3CCc4cc(O)ccc4C3)cc2)CC1. The van der Waals surface area contributed by atoms with Gasteiger partial charge in [0.05, 0.1) is 7.11 Å². The minimum Gasteiger partial charge on any atom is -0.508 e. The lowest BCUT2D eigenvalue weighted by atomic mass is 9.72. The number of phenolic OH excluding ortho intramolecular Hbond substituents is 1. The number of hydrogen-bond donors (Lipinski definition) is 1. The number of likely N-dealkylation sites (N-methyl/N-ethyl adjacent to an activating group) is 1. The summed E-state index contributed by atoms with van der Waals surface area (Å²) in [5.74, 6) is 3.09. The lowest BCUT2D eigenvalue weighted by Crippen LogP contribution is -2.43. The van der Waals surface area contributed by atoms with Gasteiger partial charge in [0.15, 0.2) is 0 Å². The molecule has 1 N–H and O–H groups in total. The zero-order valence-corrected chi connectivity index (χ0v) is 22.9. The smallest absolute Gasteiger partial charge is 0.116 e. The molecule has 0 spiro atoms. The van der Waals surface area contributed by atoms with Gasteiger partial charge in [0.25, 0.3) is 0 Å². The summed E-state index contributed by atoms with van der Waals surface area (Å²) in [6.45, 7) is 10.1. The van der Waals surface area contributed by atoms with E-state index in [0.717, 1.165) is 38.1 Å². The van der Waals surface area contributed by atoms with Crippen molar-refractivity contribution in [1.82, 2.24) is 9.80 Å². The van der Waals surface area contributed by atoms with Crippen molar-refractivity contribution in [3.05, 3.63) is 88.7 Å². The molecule has 0 radical (unpaired) electrons. The van der Waals surface area contributed by atoms with Gasteiger partial charge in [-0.05, 0) is 123 Å². The molecule has 2 aromatic carbocycles. The molecule has 0 aromatic heterocycles. The van der Waals surface area contributed by atoms with Gasteiger partial charge in [-0.3, -0.25) is 4.90 Å². The number of nitrogens with zero attached hydrogens (tertiary/aromatic N) is 2. The van der Waals surface area contributed by atoms with Gasteiger partial charge in [-0.1, -0.05) is 50.3 Å². The number of methoxy groups -OCH3 is 1. The van der Waals surface area contributed by atoms with Gasteiger partial charge in [0.2, 0.25) is 0 Å². The molecule has 2 aromatic rings. The second-order valence-electron chi connectivity index (χ2n) is 11.2. The minimum absolute atomic E-state index is 0.312. The number of hydrogen-bond acceptors (Lipinski definition) is 4. The largest absolute Gasteiger partial charge is 0.508 e. The minimum atomic E-state index is 0.312. The van der Waals surface area contributed by atoms with Crippen LogP contribution in [0.2, 0.25) is 0 Å². The summed E-state index contributed by atoms with van der Waals surface area (Å²) in [6, 6.07) is 15.7. The first kappa shape index (κ1) is 26.1. The Labute approximate surface area is 223 Å². The van der Waals surface area contributed by atoms with Crippen LogP contribution >= 0.6 is 0 Å². The highest BCUT2D eigenvalue weighted by atomic mass is 16.5. The summed E-state index contributed by atoms with van der Waals surface area (Å²) < 4.78 is 5.69. The van der Waals surface area contributed by atoms with Crippen LogP contribution in [0, 0.1) is 11.8 Å². The Morgan fingerprint density at radius 2 is 1.78 bits per heavy atom. The fourth-order valence-corrected chi connectivity index (χ4v) is 6.81.